The van der Waals surface area contributed by atoms with Crippen molar-refractivity contribution in [2.75, 3.05) is 19.8 Å². The number of hydrogen-bond acceptors (Lipinski definition) is 5. The monoisotopic (exact) mass is 407 g/mol. The smallest absolute Gasteiger partial charge is 0.244 e. The van der Waals surface area contributed by atoms with E-state index < -0.39 is 10.0 Å². The van der Waals surface area contributed by atoms with Crippen LogP contribution in [0, 0.1) is 0 Å². The van der Waals surface area contributed by atoms with Crippen LogP contribution in [-0.2, 0) is 21.2 Å². The van der Waals surface area contributed by atoms with Crippen molar-refractivity contribution in [3.63, 3.8) is 0 Å². The van der Waals surface area contributed by atoms with Gasteiger partial charge in [-0.05, 0) is 36.6 Å². The fraction of sp³-hybridized carbons (Fsp3) is 0.368. The van der Waals surface area contributed by atoms with E-state index in [2.05, 4.69) is 29.4 Å². The first-order valence-corrected chi connectivity index (χ1v) is 11.1. The number of nitrogens with one attached hydrogen (secondary N) is 1. The molecule has 0 fully saturated rings. The molecular formula is C19H25N3O3S2. The second kappa shape index (κ2) is 9.34. The van der Waals surface area contributed by atoms with Crippen molar-refractivity contribution in [2.45, 2.75) is 36.2 Å². The number of rotatable bonds is 8. The first-order valence-electron chi connectivity index (χ1n) is 8.63. The molecule has 8 heteroatoms. The minimum Gasteiger partial charge on any atom is -0.349 e. The first kappa shape index (κ1) is 21.4. The molecule has 0 radical (unpaired) electrons. The van der Waals surface area contributed by atoms with Gasteiger partial charge in [-0.1, -0.05) is 43.0 Å². The van der Waals surface area contributed by atoms with Crippen LogP contribution in [0.1, 0.15) is 31.0 Å². The molecule has 0 saturated carbocycles. The van der Waals surface area contributed by atoms with Gasteiger partial charge >= 0.3 is 0 Å². The molecule has 0 spiro atoms. The van der Waals surface area contributed by atoms with Crippen LogP contribution in [0.3, 0.4) is 0 Å². The summed E-state index contributed by atoms with van der Waals surface area (Å²) < 4.78 is 25.2. The van der Waals surface area contributed by atoms with Crippen molar-refractivity contribution in [1.29, 1.82) is 0 Å². The van der Waals surface area contributed by atoms with E-state index in [1.54, 1.807) is 6.07 Å². The lowest BCUT2D eigenvalue weighted by Crippen LogP contribution is -2.28. The number of carbonyl (C=O) groups excluding carboxylic acids is 1. The molecule has 2 rings (SSSR count). The average molecular weight is 408 g/mol. The molecule has 1 aromatic carbocycles. The van der Waals surface area contributed by atoms with Gasteiger partial charge in [0.2, 0.25) is 15.9 Å². The minimum absolute atomic E-state index is 0.0791. The Hall–Kier alpha value is -1.90. The van der Waals surface area contributed by atoms with Crippen LogP contribution in [0.2, 0.25) is 0 Å². The SMILES string of the molecule is CCc1ccc([C@H](C)NC(=O)CSc2ccc(S(=O)(=O)N(C)C)cn2)cc1. The van der Waals surface area contributed by atoms with E-state index in [0.29, 0.717) is 5.03 Å². The van der Waals surface area contributed by atoms with Gasteiger partial charge in [-0.15, -0.1) is 0 Å². The topological polar surface area (TPSA) is 79.4 Å². The van der Waals surface area contributed by atoms with Gasteiger partial charge in [0.1, 0.15) is 4.90 Å². The summed E-state index contributed by atoms with van der Waals surface area (Å²) in [6.45, 7) is 4.05. The average Bonchev–Trinajstić information content (AvgIpc) is 2.66. The maximum atomic E-state index is 12.2. The molecule has 1 aromatic heterocycles. The molecule has 1 amide bonds. The Morgan fingerprint density at radius 3 is 2.37 bits per heavy atom. The number of thioether (sulfide) groups is 1. The lowest BCUT2D eigenvalue weighted by atomic mass is 10.1. The van der Waals surface area contributed by atoms with Crippen LogP contribution in [0.4, 0.5) is 0 Å². The number of nitrogens with zero attached hydrogens (tertiary/aromatic N) is 2. The highest BCUT2D eigenvalue weighted by atomic mass is 32.2. The van der Waals surface area contributed by atoms with Crippen LogP contribution >= 0.6 is 11.8 Å². The number of sulfonamides is 1. The summed E-state index contributed by atoms with van der Waals surface area (Å²) in [7, 11) is -0.551. The maximum Gasteiger partial charge on any atom is 0.244 e. The highest BCUT2D eigenvalue weighted by molar-refractivity contribution is 7.99. The Labute approximate surface area is 165 Å². The third kappa shape index (κ3) is 5.79. The fourth-order valence-electron chi connectivity index (χ4n) is 2.36. The zero-order valence-electron chi connectivity index (χ0n) is 16.0. The normalized spacial score (nSPS) is 12.8. The Morgan fingerprint density at radius 1 is 1.19 bits per heavy atom. The summed E-state index contributed by atoms with van der Waals surface area (Å²) in [6, 6.07) is 11.2. The Bertz CT molecular complexity index is 864. The second-order valence-electron chi connectivity index (χ2n) is 6.29. The summed E-state index contributed by atoms with van der Waals surface area (Å²) in [6.07, 6.45) is 2.30. The third-order valence-corrected chi connectivity index (χ3v) is 6.85. The molecule has 1 atom stereocenters. The predicted octanol–water partition coefficient (Wildman–Crippen LogP) is 2.86. The zero-order valence-corrected chi connectivity index (χ0v) is 17.6. The largest absolute Gasteiger partial charge is 0.349 e. The number of pyridine rings is 1. The van der Waals surface area contributed by atoms with E-state index in [9.17, 15) is 13.2 Å². The van der Waals surface area contributed by atoms with Gasteiger partial charge in [-0.3, -0.25) is 4.79 Å². The molecule has 0 aliphatic carbocycles. The first-order chi connectivity index (χ1) is 12.7. The van der Waals surface area contributed by atoms with Gasteiger partial charge in [0.25, 0.3) is 0 Å². The Morgan fingerprint density at radius 2 is 1.85 bits per heavy atom. The van der Waals surface area contributed by atoms with Crippen LogP contribution in [0.25, 0.3) is 0 Å². The number of aryl methyl sites for hydroxylation is 1. The third-order valence-electron chi connectivity index (χ3n) is 4.10. The number of hydrogen-bond donors (Lipinski definition) is 1. The second-order valence-corrected chi connectivity index (χ2v) is 9.44. The molecule has 0 aliphatic heterocycles. The zero-order chi connectivity index (χ0) is 20.0. The summed E-state index contributed by atoms with van der Waals surface area (Å²) in [5.41, 5.74) is 2.32. The van der Waals surface area contributed by atoms with Crippen molar-refractivity contribution in [1.82, 2.24) is 14.6 Å². The van der Waals surface area contributed by atoms with Crippen LogP contribution in [0.15, 0.2) is 52.5 Å². The molecular weight excluding hydrogens is 382 g/mol. The van der Waals surface area contributed by atoms with Gasteiger partial charge in [-0.25, -0.2) is 17.7 Å². The molecule has 1 heterocycles. The minimum atomic E-state index is -3.49. The van der Waals surface area contributed by atoms with E-state index in [0.717, 1.165) is 16.3 Å². The summed E-state index contributed by atoms with van der Waals surface area (Å²) in [5.74, 6) is 0.114. The lowest BCUT2D eigenvalue weighted by Gasteiger charge is -2.15. The number of benzene rings is 1. The number of aromatic nitrogens is 1. The van der Waals surface area contributed by atoms with E-state index in [1.807, 2.05) is 19.1 Å². The van der Waals surface area contributed by atoms with Gasteiger partial charge in [0.05, 0.1) is 16.8 Å². The number of carbonyl (C=O) groups is 1. The van der Waals surface area contributed by atoms with Gasteiger partial charge in [0.15, 0.2) is 0 Å². The summed E-state index contributed by atoms with van der Waals surface area (Å²) in [4.78, 5) is 16.4. The summed E-state index contributed by atoms with van der Waals surface area (Å²) in [5, 5.41) is 3.56. The molecule has 6 nitrogen and oxygen atoms in total. The summed E-state index contributed by atoms with van der Waals surface area (Å²) >= 11 is 1.27. The van der Waals surface area contributed by atoms with Gasteiger partial charge < -0.3 is 5.32 Å². The standard InChI is InChI=1S/C19H25N3O3S2/c1-5-15-6-8-16(9-7-15)14(2)21-18(23)13-26-19-11-10-17(12-20-19)27(24,25)22(3)4/h6-12,14H,5,13H2,1-4H3,(H,21,23)/t14-/m0/s1. The lowest BCUT2D eigenvalue weighted by molar-refractivity contribution is -0.119. The molecule has 27 heavy (non-hydrogen) atoms. The van der Waals surface area contributed by atoms with Crippen LogP contribution in [0.5, 0.6) is 0 Å². The highest BCUT2D eigenvalue weighted by Crippen LogP contribution is 2.19. The Kier molecular flexibility index (Phi) is 7.41. The quantitative estimate of drug-likeness (QED) is 0.681. The van der Waals surface area contributed by atoms with Gasteiger partial charge in [-0.2, -0.15) is 0 Å². The molecule has 0 aliphatic rings. The maximum absolute atomic E-state index is 12.2. The van der Waals surface area contributed by atoms with E-state index in [1.165, 1.54) is 43.7 Å². The van der Waals surface area contributed by atoms with Gasteiger partial charge in [0, 0.05) is 20.3 Å². The van der Waals surface area contributed by atoms with Crippen molar-refractivity contribution < 1.29 is 13.2 Å². The molecule has 2 aromatic rings. The molecule has 1 N–H and O–H groups in total. The van der Waals surface area contributed by atoms with Crippen molar-refractivity contribution >= 4 is 27.7 Å². The molecule has 0 saturated heterocycles. The van der Waals surface area contributed by atoms with Crippen molar-refractivity contribution in [3.8, 4) is 0 Å². The highest BCUT2D eigenvalue weighted by Gasteiger charge is 2.17. The molecule has 0 bridgehead atoms. The van der Waals surface area contributed by atoms with Crippen molar-refractivity contribution in [3.05, 3.63) is 53.7 Å². The number of amides is 1. The molecule has 0 unspecified atom stereocenters. The van der Waals surface area contributed by atoms with Crippen LogP contribution < -0.4 is 5.32 Å². The molecule has 146 valence electrons. The van der Waals surface area contributed by atoms with Crippen LogP contribution in [-0.4, -0.2) is 43.5 Å². The Balaban J connectivity index is 1.89. The van der Waals surface area contributed by atoms with E-state index in [4.69, 9.17) is 0 Å². The van der Waals surface area contributed by atoms with E-state index >= 15 is 0 Å². The predicted molar refractivity (Wildman–Crippen MR) is 108 cm³/mol. The van der Waals surface area contributed by atoms with E-state index in [-0.39, 0.29) is 22.6 Å². The fourth-order valence-corrected chi connectivity index (χ4v) is 3.86. The van der Waals surface area contributed by atoms with Crippen molar-refractivity contribution in [2.24, 2.45) is 0 Å².